The van der Waals surface area contributed by atoms with Gasteiger partial charge >= 0.3 is 29.6 Å². The van der Waals surface area contributed by atoms with Crippen molar-refractivity contribution in [3.8, 4) is 6.07 Å². The van der Waals surface area contributed by atoms with Crippen LogP contribution < -0.4 is 34.5 Å². The number of Topliss-reactive ketones (excluding diaryl/α,β-unsaturated/α-hetero) is 1. The molecule has 1 amide bonds. The summed E-state index contributed by atoms with van der Waals surface area (Å²) >= 11 is 0. The van der Waals surface area contributed by atoms with E-state index in [1.54, 1.807) is 36.4 Å². The predicted molar refractivity (Wildman–Crippen MR) is 121 cm³/mol. The van der Waals surface area contributed by atoms with Crippen LogP contribution >= 0.6 is 0 Å². The number of anilines is 1. The van der Waals surface area contributed by atoms with Gasteiger partial charge in [0.25, 0.3) is 0 Å². The smallest absolute Gasteiger partial charge is 0.659 e. The number of benzene rings is 3. The normalized spacial score (nSPS) is 17.8. The minimum Gasteiger partial charge on any atom is -0.659 e. The molecule has 1 unspecified atom stereocenters. The van der Waals surface area contributed by atoms with E-state index >= 15 is 0 Å². The van der Waals surface area contributed by atoms with E-state index in [2.05, 4.69) is 5.32 Å². The SMILES string of the molecule is N#Cc1cccc(CN2C(=O)C(C3=CS(=O)(=O)c4ccccc4[N-]3)C(=O)c3cc(F)ccc32)c1.[Na+]. The molecule has 7 nitrogen and oxygen atoms in total. The third kappa shape index (κ3) is 4.42. The monoisotopic (exact) mass is 495 g/mol. The number of carbonyl (C=O) groups excluding carboxylic acids is 2. The van der Waals surface area contributed by atoms with Crippen LogP contribution in [0.3, 0.4) is 0 Å². The van der Waals surface area contributed by atoms with Crippen LogP contribution in [0.2, 0.25) is 0 Å². The van der Waals surface area contributed by atoms with Crippen molar-refractivity contribution in [2.45, 2.75) is 11.4 Å². The molecular weight excluding hydrogens is 480 g/mol. The quantitative estimate of drug-likeness (QED) is 0.403. The van der Waals surface area contributed by atoms with Crippen LogP contribution in [-0.2, 0) is 21.2 Å². The molecule has 0 aromatic heterocycles. The summed E-state index contributed by atoms with van der Waals surface area (Å²) in [6, 6.07) is 18.2. The molecule has 0 saturated carbocycles. The first-order valence-electron chi connectivity index (χ1n) is 10.2. The van der Waals surface area contributed by atoms with Gasteiger partial charge < -0.3 is 10.2 Å². The second-order valence-electron chi connectivity index (χ2n) is 7.86. The molecule has 1 atom stereocenters. The second kappa shape index (κ2) is 9.40. The van der Waals surface area contributed by atoms with Crippen molar-refractivity contribution in [1.82, 2.24) is 0 Å². The van der Waals surface area contributed by atoms with Crippen molar-refractivity contribution in [2.24, 2.45) is 5.92 Å². The maximum absolute atomic E-state index is 14.1. The van der Waals surface area contributed by atoms with Crippen LogP contribution in [0.25, 0.3) is 5.32 Å². The Morgan fingerprint density at radius 2 is 1.80 bits per heavy atom. The number of ketones is 1. The second-order valence-corrected chi connectivity index (χ2v) is 9.63. The van der Waals surface area contributed by atoms with Crippen molar-refractivity contribution < 1.29 is 52.0 Å². The van der Waals surface area contributed by atoms with Crippen LogP contribution in [0.1, 0.15) is 21.5 Å². The molecule has 0 aliphatic carbocycles. The Balaban J connectivity index is 0.00000289. The van der Waals surface area contributed by atoms with Gasteiger partial charge in [0.05, 0.1) is 28.8 Å². The number of para-hydroxylation sites is 1. The summed E-state index contributed by atoms with van der Waals surface area (Å²) in [6.07, 6.45) is 0. The molecule has 5 rings (SSSR count). The van der Waals surface area contributed by atoms with Gasteiger partial charge in [-0.25, -0.2) is 12.8 Å². The van der Waals surface area contributed by atoms with E-state index in [1.807, 2.05) is 6.07 Å². The number of nitrogens with zero attached hydrogens (tertiary/aromatic N) is 3. The maximum Gasteiger partial charge on any atom is 1.00 e. The number of nitriles is 1. The van der Waals surface area contributed by atoms with Gasteiger partial charge in [0.1, 0.15) is 11.7 Å². The zero-order valence-corrected chi connectivity index (χ0v) is 21.3. The van der Waals surface area contributed by atoms with E-state index in [-0.39, 0.29) is 63.6 Å². The minimum atomic E-state index is -3.95. The van der Waals surface area contributed by atoms with Gasteiger partial charge in [-0.15, -0.1) is 11.4 Å². The Hall–Kier alpha value is -3.29. The molecule has 3 aromatic rings. The summed E-state index contributed by atoms with van der Waals surface area (Å²) < 4.78 is 39.7. The molecule has 0 bridgehead atoms. The number of hydrogen-bond donors (Lipinski definition) is 0. The van der Waals surface area contributed by atoms with Gasteiger partial charge in [-0.2, -0.15) is 5.26 Å². The molecule has 2 aliphatic rings. The van der Waals surface area contributed by atoms with Crippen LogP contribution in [0, 0.1) is 23.1 Å². The third-order valence-corrected chi connectivity index (χ3v) is 7.19. The van der Waals surface area contributed by atoms with Gasteiger partial charge in [0.2, 0.25) is 5.91 Å². The molecule has 0 N–H and O–H groups in total. The number of carbonyl (C=O) groups is 2. The minimum absolute atomic E-state index is 0. The van der Waals surface area contributed by atoms with Crippen molar-refractivity contribution in [1.29, 1.82) is 5.26 Å². The molecular formula is C25H15FN3NaO4S. The average molecular weight is 495 g/mol. The summed E-state index contributed by atoms with van der Waals surface area (Å²) in [6.45, 7) is -0.00656. The number of rotatable bonds is 3. The molecule has 168 valence electrons. The molecule has 2 heterocycles. The van der Waals surface area contributed by atoms with Crippen LogP contribution in [0.5, 0.6) is 0 Å². The fourth-order valence-corrected chi connectivity index (χ4v) is 5.45. The van der Waals surface area contributed by atoms with Crippen LogP contribution in [0.15, 0.2) is 82.7 Å². The Kier molecular flexibility index (Phi) is 6.66. The first kappa shape index (κ1) is 24.8. The van der Waals surface area contributed by atoms with E-state index in [4.69, 9.17) is 0 Å². The summed E-state index contributed by atoms with van der Waals surface area (Å²) in [5.74, 6) is -3.64. The number of fused-ring (bicyclic) bond motifs is 2. The molecule has 35 heavy (non-hydrogen) atoms. The van der Waals surface area contributed by atoms with E-state index in [1.165, 1.54) is 23.1 Å². The molecule has 0 radical (unpaired) electrons. The van der Waals surface area contributed by atoms with E-state index < -0.39 is 33.3 Å². The topological polar surface area (TPSA) is 109 Å². The summed E-state index contributed by atoms with van der Waals surface area (Å²) in [4.78, 5) is 28.2. The van der Waals surface area contributed by atoms with Crippen molar-refractivity contribution >= 4 is 32.9 Å². The number of halogens is 1. The van der Waals surface area contributed by atoms with Crippen LogP contribution in [0.4, 0.5) is 15.8 Å². The van der Waals surface area contributed by atoms with Crippen LogP contribution in [-0.4, -0.2) is 20.1 Å². The Morgan fingerprint density at radius 3 is 2.57 bits per heavy atom. The number of hydrogen-bond acceptors (Lipinski definition) is 5. The first-order chi connectivity index (χ1) is 16.3. The molecule has 3 aromatic carbocycles. The molecule has 0 spiro atoms. The van der Waals surface area contributed by atoms with Crippen molar-refractivity contribution in [3.05, 3.63) is 106 Å². The van der Waals surface area contributed by atoms with Gasteiger partial charge in [-0.1, -0.05) is 30.3 Å². The van der Waals surface area contributed by atoms with Gasteiger partial charge in [0.15, 0.2) is 15.6 Å². The summed E-state index contributed by atoms with van der Waals surface area (Å²) in [5.41, 5.74) is 1.06. The Morgan fingerprint density at radius 1 is 1.03 bits per heavy atom. The standard InChI is InChI=1S/C25H15FN3O4S.Na/c26-17-8-9-21-18(11-17)24(30)23(20-14-34(32,33)22-7-2-1-6-19(22)28-20)25(31)29(21)13-16-5-3-4-15(10-16)12-27;/h1-11,14,23H,13H2;/q-1;+1. The van der Waals surface area contributed by atoms with Gasteiger partial charge in [0, 0.05) is 11.0 Å². The van der Waals surface area contributed by atoms with E-state index in [0.29, 0.717) is 11.1 Å². The van der Waals surface area contributed by atoms with Crippen molar-refractivity contribution in [2.75, 3.05) is 4.90 Å². The largest absolute Gasteiger partial charge is 1.00 e. The van der Waals surface area contributed by atoms with Gasteiger partial charge in [-0.3, -0.25) is 9.59 Å². The molecule has 0 fully saturated rings. The predicted octanol–water partition coefficient (Wildman–Crippen LogP) is 1.38. The summed E-state index contributed by atoms with van der Waals surface area (Å²) in [7, 11) is -3.95. The average Bonchev–Trinajstić information content (AvgIpc) is 2.82. The zero-order valence-electron chi connectivity index (χ0n) is 18.5. The fraction of sp³-hybridized carbons (Fsp3) is 0.0800. The maximum atomic E-state index is 14.1. The number of sulfone groups is 1. The Bertz CT molecular complexity index is 1560. The molecule has 0 saturated heterocycles. The molecule has 2 aliphatic heterocycles. The first-order valence-corrected chi connectivity index (χ1v) is 11.7. The van der Waals surface area contributed by atoms with Crippen molar-refractivity contribution in [3.63, 3.8) is 0 Å². The molecule has 10 heteroatoms. The zero-order chi connectivity index (χ0) is 24.0. The third-order valence-electron chi connectivity index (χ3n) is 5.68. The van der Waals surface area contributed by atoms with E-state index in [9.17, 15) is 27.7 Å². The summed E-state index contributed by atoms with van der Waals surface area (Å²) in [5, 5.41) is 14.3. The Labute approximate surface area is 223 Å². The van der Waals surface area contributed by atoms with Gasteiger partial charge in [-0.05, 0) is 42.0 Å². The number of amides is 1. The van der Waals surface area contributed by atoms with E-state index in [0.717, 1.165) is 17.5 Å². The fourth-order valence-electron chi connectivity index (χ4n) is 4.14.